The van der Waals surface area contributed by atoms with Gasteiger partial charge in [0, 0.05) is 26.7 Å². The Kier molecular flexibility index (Phi) is 6.61. The van der Waals surface area contributed by atoms with Gasteiger partial charge in [0.05, 0.1) is 4.90 Å². The monoisotopic (exact) mass is 300 g/mol. The lowest BCUT2D eigenvalue weighted by atomic mass is 10.1. The molecule has 5 nitrogen and oxygen atoms in total. The zero-order valence-electron chi connectivity index (χ0n) is 12.3. The zero-order chi connectivity index (χ0) is 15.2. The lowest BCUT2D eigenvalue weighted by molar-refractivity contribution is 0.283. The van der Waals surface area contributed by atoms with E-state index in [0.717, 1.165) is 24.9 Å². The van der Waals surface area contributed by atoms with E-state index in [4.69, 9.17) is 5.11 Å². The molecule has 1 rings (SSSR count). The molecule has 1 atom stereocenters. The number of rotatable bonds is 8. The Hall–Kier alpha value is -0.950. The second-order valence-corrected chi connectivity index (χ2v) is 7.11. The molecule has 20 heavy (non-hydrogen) atoms. The number of nitrogens with one attached hydrogen (secondary N) is 1. The number of nitrogens with zero attached hydrogens (tertiary/aromatic N) is 1. The van der Waals surface area contributed by atoms with Gasteiger partial charge in [-0.1, -0.05) is 12.1 Å². The number of aliphatic hydroxyl groups excluding tert-OH is 1. The Morgan fingerprint density at radius 3 is 2.30 bits per heavy atom. The van der Waals surface area contributed by atoms with Crippen molar-refractivity contribution >= 4 is 10.0 Å². The first-order valence-electron chi connectivity index (χ1n) is 6.76. The van der Waals surface area contributed by atoms with Crippen LogP contribution in [0.1, 0.15) is 31.4 Å². The quantitative estimate of drug-likeness (QED) is 0.711. The standard InChI is InChI=1S/C14H24N2O3S/c1-12(15-10-4-5-11-17)13-6-8-14(9-7-13)20(18,19)16(2)3/h6-9,12,15,17H,4-5,10-11H2,1-3H3. The van der Waals surface area contributed by atoms with E-state index in [9.17, 15) is 8.42 Å². The van der Waals surface area contributed by atoms with E-state index in [1.165, 1.54) is 18.4 Å². The first-order valence-corrected chi connectivity index (χ1v) is 8.20. The third-order valence-corrected chi connectivity index (χ3v) is 5.02. The molecule has 0 saturated carbocycles. The minimum Gasteiger partial charge on any atom is -0.396 e. The maximum atomic E-state index is 11.9. The summed E-state index contributed by atoms with van der Waals surface area (Å²) in [7, 11) is -0.314. The summed E-state index contributed by atoms with van der Waals surface area (Å²) in [5, 5.41) is 12.1. The van der Waals surface area contributed by atoms with Crippen molar-refractivity contribution < 1.29 is 13.5 Å². The molecule has 0 aliphatic carbocycles. The van der Waals surface area contributed by atoms with E-state index in [1.807, 2.05) is 19.1 Å². The van der Waals surface area contributed by atoms with Crippen LogP contribution in [0.2, 0.25) is 0 Å². The first kappa shape index (κ1) is 17.1. The van der Waals surface area contributed by atoms with Crippen LogP contribution in [0.15, 0.2) is 29.2 Å². The summed E-state index contributed by atoms with van der Waals surface area (Å²) in [5.74, 6) is 0. The molecule has 0 aliphatic heterocycles. The predicted octanol–water partition coefficient (Wildman–Crippen LogP) is 1.36. The molecule has 114 valence electrons. The van der Waals surface area contributed by atoms with Crippen molar-refractivity contribution in [2.45, 2.75) is 30.7 Å². The third-order valence-electron chi connectivity index (χ3n) is 3.19. The SMILES string of the molecule is CC(NCCCCO)c1ccc(S(=O)(=O)N(C)C)cc1. The molecular weight excluding hydrogens is 276 g/mol. The third kappa shape index (κ3) is 4.56. The lowest BCUT2D eigenvalue weighted by Gasteiger charge is -2.16. The first-order chi connectivity index (χ1) is 9.39. The topological polar surface area (TPSA) is 69.6 Å². The van der Waals surface area contributed by atoms with Crippen LogP contribution >= 0.6 is 0 Å². The van der Waals surface area contributed by atoms with Gasteiger partial charge in [-0.25, -0.2) is 12.7 Å². The van der Waals surface area contributed by atoms with Crippen LogP contribution in [0.25, 0.3) is 0 Å². The van der Waals surface area contributed by atoms with Crippen molar-refractivity contribution in [1.29, 1.82) is 0 Å². The molecule has 0 spiro atoms. The second kappa shape index (κ2) is 7.73. The van der Waals surface area contributed by atoms with Gasteiger partial charge in [-0.3, -0.25) is 0 Å². The molecule has 0 aromatic heterocycles. The van der Waals surface area contributed by atoms with Crippen molar-refractivity contribution in [2.75, 3.05) is 27.2 Å². The lowest BCUT2D eigenvalue weighted by Crippen LogP contribution is -2.23. The summed E-state index contributed by atoms with van der Waals surface area (Å²) in [6, 6.07) is 7.10. The van der Waals surface area contributed by atoms with Crippen LogP contribution in [0.3, 0.4) is 0 Å². The molecule has 0 heterocycles. The molecule has 0 radical (unpaired) electrons. The smallest absolute Gasteiger partial charge is 0.242 e. The van der Waals surface area contributed by atoms with E-state index in [-0.39, 0.29) is 12.6 Å². The summed E-state index contributed by atoms with van der Waals surface area (Å²) < 4.78 is 25.1. The van der Waals surface area contributed by atoms with Gasteiger partial charge >= 0.3 is 0 Å². The number of hydrogen-bond donors (Lipinski definition) is 2. The Labute approximate surface area is 121 Å². The van der Waals surface area contributed by atoms with Crippen molar-refractivity contribution in [3.05, 3.63) is 29.8 Å². The van der Waals surface area contributed by atoms with Gasteiger partial charge in [0.25, 0.3) is 0 Å². The largest absolute Gasteiger partial charge is 0.396 e. The predicted molar refractivity (Wildman–Crippen MR) is 80.1 cm³/mol. The highest BCUT2D eigenvalue weighted by Gasteiger charge is 2.17. The number of aliphatic hydroxyl groups is 1. The zero-order valence-corrected chi connectivity index (χ0v) is 13.2. The van der Waals surface area contributed by atoms with Crippen LogP contribution < -0.4 is 5.32 Å². The van der Waals surface area contributed by atoms with Gasteiger partial charge in [0.1, 0.15) is 0 Å². The van der Waals surface area contributed by atoms with Crippen molar-refractivity contribution in [2.24, 2.45) is 0 Å². The maximum absolute atomic E-state index is 11.9. The fourth-order valence-electron chi connectivity index (χ4n) is 1.81. The van der Waals surface area contributed by atoms with Gasteiger partial charge < -0.3 is 10.4 Å². The van der Waals surface area contributed by atoms with Crippen molar-refractivity contribution in [3.8, 4) is 0 Å². The van der Waals surface area contributed by atoms with Gasteiger partial charge in [0.15, 0.2) is 0 Å². The summed E-state index contributed by atoms with van der Waals surface area (Å²) in [5.41, 5.74) is 1.05. The number of sulfonamides is 1. The maximum Gasteiger partial charge on any atom is 0.242 e. The summed E-state index contributed by atoms with van der Waals surface area (Å²) in [6.45, 7) is 3.08. The molecule has 0 bridgehead atoms. The van der Waals surface area contributed by atoms with E-state index in [2.05, 4.69) is 5.32 Å². The average Bonchev–Trinajstić information content (AvgIpc) is 2.43. The van der Waals surface area contributed by atoms with Crippen molar-refractivity contribution in [3.63, 3.8) is 0 Å². The fraction of sp³-hybridized carbons (Fsp3) is 0.571. The molecule has 0 saturated heterocycles. The number of unbranched alkanes of at least 4 members (excludes halogenated alkanes) is 1. The summed E-state index contributed by atoms with van der Waals surface area (Å²) in [6.07, 6.45) is 1.72. The number of hydrogen-bond acceptors (Lipinski definition) is 4. The summed E-state index contributed by atoms with van der Waals surface area (Å²) >= 11 is 0. The Morgan fingerprint density at radius 1 is 1.20 bits per heavy atom. The van der Waals surface area contributed by atoms with Crippen LogP contribution in [0, 0.1) is 0 Å². The van der Waals surface area contributed by atoms with E-state index in [1.54, 1.807) is 12.1 Å². The molecule has 0 amide bonds. The Morgan fingerprint density at radius 2 is 1.80 bits per heavy atom. The molecule has 6 heteroatoms. The second-order valence-electron chi connectivity index (χ2n) is 4.96. The van der Waals surface area contributed by atoms with Crippen LogP contribution in [-0.2, 0) is 10.0 Å². The minimum atomic E-state index is -3.36. The molecule has 1 aromatic carbocycles. The van der Waals surface area contributed by atoms with Gasteiger partial charge in [-0.15, -0.1) is 0 Å². The fourth-order valence-corrected chi connectivity index (χ4v) is 2.71. The van der Waals surface area contributed by atoms with Crippen LogP contribution in [-0.4, -0.2) is 45.1 Å². The van der Waals surface area contributed by atoms with Gasteiger partial charge in [0.2, 0.25) is 10.0 Å². The number of benzene rings is 1. The molecule has 1 aromatic rings. The van der Waals surface area contributed by atoms with Crippen LogP contribution in [0.5, 0.6) is 0 Å². The normalized spacial score (nSPS) is 13.7. The molecule has 1 unspecified atom stereocenters. The Bertz CT molecular complexity index is 498. The van der Waals surface area contributed by atoms with E-state index < -0.39 is 10.0 Å². The average molecular weight is 300 g/mol. The molecular formula is C14H24N2O3S. The van der Waals surface area contributed by atoms with Gasteiger partial charge in [-0.2, -0.15) is 0 Å². The Balaban J connectivity index is 2.67. The van der Waals surface area contributed by atoms with Gasteiger partial charge in [-0.05, 0) is 44.0 Å². The van der Waals surface area contributed by atoms with Crippen LogP contribution in [0.4, 0.5) is 0 Å². The molecule has 0 aliphatic rings. The van der Waals surface area contributed by atoms with E-state index >= 15 is 0 Å². The van der Waals surface area contributed by atoms with E-state index in [0.29, 0.717) is 4.90 Å². The molecule has 0 fully saturated rings. The highest BCUT2D eigenvalue weighted by atomic mass is 32.2. The minimum absolute atomic E-state index is 0.157. The highest BCUT2D eigenvalue weighted by molar-refractivity contribution is 7.89. The molecule has 2 N–H and O–H groups in total. The van der Waals surface area contributed by atoms with Crippen molar-refractivity contribution in [1.82, 2.24) is 9.62 Å². The summed E-state index contributed by atoms with van der Waals surface area (Å²) in [4.78, 5) is 0.304. The highest BCUT2D eigenvalue weighted by Crippen LogP contribution is 2.18.